The molecule has 1 fully saturated rings. The van der Waals surface area contributed by atoms with Gasteiger partial charge in [0.05, 0.1) is 44.1 Å². The number of rotatable bonds is 16. The molecule has 1 heterocycles. The molecule has 2 unspecified atom stereocenters. The third kappa shape index (κ3) is 14.4. The summed E-state index contributed by atoms with van der Waals surface area (Å²) < 4.78 is 0. The summed E-state index contributed by atoms with van der Waals surface area (Å²) in [7, 11) is 0. The zero-order chi connectivity index (χ0) is 40.2. The van der Waals surface area contributed by atoms with Crippen LogP contribution in [0.25, 0.3) is 0 Å². The molecule has 54 heavy (non-hydrogen) atoms. The Hall–Kier alpha value is -4.42. The number of nitrogens with two attached hydrogens (primary N) is 1. The first-order valence-corrected chi connectivity index (χ1v) is 17.3. The van der Waals surface area contributed by atoms with Gasteiger partial charge in [-0.05, 0) is 44.6 Å². The predicted octanol–water partition coefficient (Wildman–Crippen LogP) is -6.39. The molecule has 1 aromatic carbocycles. The van der Waals surface area contributed by atoms with Crippen LogP contribution in [0.3, 0.4) is 0 Å². The lowest BCUT2D eigenvalue weighted by molar-refractivity contribution is -0.143. The molecular formula is C33H51N9O12. The van der Waals surface area contributed by atoms with Crippen molar-refractivity contribution in [2.45, 2.75) is 93.8 Å². The van der Waals surface area contributed by atoms with Crippen molar-refractivity contribution in [2.75, 3.05) is 26.4 Å². The Bertz CT molecular complexity index is 1430. The number of amides is 3. The average molecular weight is 766 g/mol. The summed E-state index contributed by atoms with van der Waals surface area (Å²) in [4.78, 5) is 103. The summed E-state index contributed by atoms with van der Waals surface area (Å²) >= 11 is 0. The Morgan fingerprint density at radius 3 is 2.26 bits per heavy atom. The van der Waals surface area contributed by atoms with Crippen molar-refractivity contribution in [3.8, 4) is 0 Å². The first-order chi connectivity index (χ1) is 25.8. The number of ketones is 4. The van der Waals surface area contributed by atoms with Crippen LogP contribution in [0, 0.1) is 0 Å². The molecule has 0 bridgehead atoms. The lowest BCUT2D eigenvalue weighted by Crippen LogP contribution is -2.62. The van der Waals surface area contributed by atoms with Crippen LogP contribution in [0.15, 0.2) is 30.3 Å². The number of aliphatic hydroxyl groups excluding tert-OH is 4. The summed E-state index contributed by atoms with van der Waals surface area (Å²) in [6, 6.07) is -1.52. The highest BCUT2D eigenvalue weighted by Gasteiger charge is 2.38. The maximum Gasteiger partial charge on any atom is 0.239 e. The molecule has 3 amide bonds. The number of hydrazine groups is 3. The van der Waals surface area contributed by atoms with Crippen molar-refractivity contribution < 1.29 is 58.8 Å². The van der Waals surface area contributed by atoms with Crippen molar-refractivity contribution >= 4 is 47.1 Å². The molecule has 21 nitrogen and oxygen atoms in total. The highest BCUT2D eigenvalue weighted by atomic mass is 16.3. The van der Waals surface area contributed by atoms with Gasteiger partial charge < -0.3 is 41.2 Å². The SMILES string of the molecule is C[C@@H](O)[C@@H]1NC(=O)C(NN[C@H](C=O)CO)CCCCNC(=O)CCC(C(=O)C(=O)[C@H](CO)NC(=O)[C@H](Cc2ccccc2)NN)NN[C@@H](CO)C(=O)C1=O. The molecular weight excluding hydrogens is 714 g/mol. The number of carbonyl (C=O) groups excluding carboxylic acids is 8. The van der Waals surface area contributed by atoms with Crippen LogP contribution in [0.1, 0.15) is 44.6 Å². The largest absolute Gasteiger partial charge is 0.394 e. The Morgan fingerprint density at radius 2 is 1.67 bits per heavy atom. The van der Waals surface area contributed by atoms with Gasteiger partial charge in [0, 0.05) is 13.0 Å². The van der Waals surface area contributed by atoms with Gasteiger partial charge >= 0.3 is 0 Å². The molecule has 1 aliphatic heterocycles. The molecule has 0 spiro atoms. The van der Waals surface area contributed by atoms with Gasteiger partial charge in [-0.15, -0.1) is 0 Å². The molecule has 0 aliphatic carbocycles. The smallest absolute Gasteiger partial charge is 0.239 e. The molecule has 8 atom stereocenters. The number of hydrogen-bond donors (Lipinski definition) is 13. The first-order valence-electron chi connectivity index (χ1n) is 17.3. The third-order valence-electron chi connectivity index (χ3n) is 8.43. The highest BCUT2D eigenvalue weighted by molar-refractivity contribution is 6.42. The molecule has 0 radical (unpaired) electrons. The molecule has 0 saturated carbocycles. The van der Waals surface area contributed by atoms with Gasteiger partial charge in [0.1, 0.15) is 30.5 Å². The number of benzene rings is 1. The number of carbonyl (C=O) groups is 8. The summed E-state index contributed by atoms with van der Waals surface area (Å²) in [5.74, 6) is -1.90. The molecule has 21 heteroatoms. The van der Waals surface area contributed by atoms with Gasteiger partial charge in [-0.3, -0.25) is 39.4 Å². The topological polar surface area (TPSA) is 340 Å². The van der Waals surface area contributed by atoms with Gasteiger partial charge in [0.2, 0.25) is 40.9 Å². The Labute approximate surface area is 310 Å². The zero-order valence-corrected chi connectivity index (χ0v) is 29.8. The highest BCUT2D eigenvalue weighted by Crippen LogP contribution is 2.08. The van der Waals surface area contributed by atoms with Gasteiger partial charge in [-0.25, -0.2) is 27.1 Å². The van der Waals surface area contributed by atoms with Gasteiger partial charge in [0.15, 0.2) is 0 Å². The van der Waals surface area contributed by atoms with E-state index in [0.29, 0.717) is 12.7 Å². The third-order valence-corrected chi connectivity index (χ3v) is 8.43. The van der Waals surface area contributed by atoms with E-state index in [9.17, 15) is 58.8 Å². The molecule has 1 aliphatic rings. The van der Waals surface area contributed by atoms with E-state index in [1.54, 1.807) is 30.3 Å². The first kappa shape index (κ1) is 45.7. The van der Waals surface area contributed by atoms with Crippen molar-refractivity contribution in [1.82, 2.24) is 43.1 Å². The molecule has 0 aromatic heterocycles. The second-order valence-electron chi connectivity index (χ2n) is 12.6. The number of hydrogen-bond acceptors (Lipinski definition) is 18. The van der Waals surface area contributed by atoms with Crippen LogP contribution in [-0.4, -0.2) is 142 Å². The van der Waals surface area contributed by atoms with E-state index < -0.39 is 109 Å². The normalized spacial score (nSPS) is 23.4. The average Bonchev–Trinajstić information content (AvgIpc) is 3.17. The maximum absolute atomic E-state index is 13.5. The predicted molar refractivity (Wildman–Crippen MR) is 188 cm³/mol. The lowest BCUT2D eigenvalue weighted by atomic mass is 9.98. The summed E-state index contributed by atoms with van der Waals surface area (Å²) in [5.41, 5.74) is 12.8. The molecule has 14 N–H and O–H groups in total. The van der Waals surface area contributed by atoms with E-state index in [0.717, 1.165) is 12.5 Å². The summed E-state index contributed by atoms with van der Waals surface area (Å²) in [6.07, 6.45) is -1.18. The minimum atomic E-state index is -1.82. The van der Waals surface area contributed by atoms with Crippen LogP contribution in [0.2, 0.25) is 0 Å². The summed E-state index contributed by atoms with van der Waals surface area (Å²) in [5, 5.41) is 46.8. The second-order valence-corrected chi connectivity index (χ2v) is 12.6. The fourth-order valence-corrected chi connectivity index (χ4v) is 5.20. The Balaban J connectivity index is 2.29. The molecule has 300 valence electrons. The van der Waals surface area contributed by atoms with E-state index in [2.05, 4.69) is 43.1 Å². The van der Waals surface area contributed by atoms with Crippen LogP contribution < -0.4 is 48.9 Å². The minimum absolute atomic E-state index is 0.0563. The second kappa shape index (κ2) is 24.1. The van der Waals surface area contributed by atoms with E-state index in [1.807, 2.05) is 0 Å². The number of Topliss-reactive ketones (excluding diaryl/α,β-unsaturated/α-hetero) is 4. The van der Waals surface area contributed by atoms with E-state index in [-0.39, 0.29) is 38.6 Å². The van der Waals surface area contributed by atoms with Crippen LogP contribution >= 0.6 is 0 Å². The van der Waals surface area contributed by atoms with Gasteiger partial charge in [-0.2, -0.15) is 0 Å². The Morgan fingerprint density at radius 1 is 0.963 bits per heavy atom. The molecule has 2 rings (SSSR count). The van der Waals surface area contributed by atoms with Crippen molar-refractivity contribution in [3.63, 3.8) is 0 Å². The van der Waals surface area contributed by atoms with Crippen LogP contribution in [-0.2, 0) is 44.8 Å². The monoisotopic (exact) mass is 765 g/mol. The van der Waals surface area contributed by atoms with E-state index >= 15 is 0 Å². The van der Waals surface area contributed by atoms with Crippen LogP contribution in [0.5, 0.6) is 0 Å². The Kier molecular flexibility index (Phi) is 20.4. The number of nitrogens with one attached hydrogen (secondary N) is 8. The van der Waals surface area contributed by atoms with Crippen molar-refractivity contribution in [2.24, 2.45) is 5.84 Å². The van der Waals surface area contributed by atoms with Crippen molar-refractivity contribution in [3.05, 3.63) is 35.9 Å². The molecule has 1 saturated heterocycles. The minimum Gasteiger partial charge on any atom is -0.394 e. The zero-order valence-electron chi connectivity index (χ0n) is 29.8. The number of aldehydes is 1. The van der Waals surface area contributed by atoms with E-state index in [4.69, 9.17) is 5.84 Å². The molecule has 1 aromatic rings. The lowest BCUT2D eigenvalue weighted by Gasteiger charge is -2.27. The fourth-order valence-electron chi connectivity index (χ4n) is 5.20. The van der Waals surface area contributed by atoms with Crippen molar-refractivity contribution in [1.29, 1.82) is 0 Å². The number of aliphatic hydroxyl groups is 4. The van der Waals surface area contributed by atoms with E-state index in [1.165, 1.54) is 0 Å². The maximum atomic E-state index is 13.5. The van der Waals surface area contributed by atoms with Gasteiger partial charge in [0.25, 0.3) is 0 Å². The summed E-state index contributed by atoms with van der Waals surface area (Å²) in [6.45, 7) is -1.41. The van der Waals surface area contributed by atoms with Crippen LogP contribution in [0.4, 0.5) is 0 Å². The van der Waals surface area contributed by atoms with Gasteiger partial charge in [-0.1, -0.05) is 30.3 Å². The quantitative estimate of drug-likeness (QED) is 0.0322. The fraction of sp³-hybridized carbons (Fsp3) is 0.576. The standard InChI is InChI=1S/C33H51N9O12/c1-18(47)27-31(52)30(51)25(17-46)42-40-21(10-11-26(48)35-12-6-5-9-22(32(53)37-27)41-39-20(14-43)15-44)28(49)29(50)24(16-45)36-33(54)23(38-34)13-19-7-3-2-4-8-19/h2-4,7-8,14,18,20-25,27,38-42,44-47H,5-6,9-13,15-17,34H2,1H3,(H,35,48)(H,36,54)(H,37,53)/t18-,20-,21?,22?,23+,24+,25+,27+/m1/s1.